The number of methoxy groups -OCH3 is 1. The van der Waals surface area contributed by atoms with E-state index in [9.17, 15) is 0 Å². The SMILES string of the molecule is CCC(NCC1(CCOC)CCC1)C(C)C. The molecule has 1 saturated carbocycles. The van der Waals surface area contributed by atoms with Crippen LogP contribution in [0.5, 0.6) is 0 Å². The van der Waals surface area contributed by atoms with E-state index in [0.717, 1.165) is 12.5 Å². The highest BCUT2D eigenvalue weighted by Gasteiger charge is 2.36. The molecule has 1 atom stereocenters. The van der Waals surface area contributed by atoms with Gasteiger partial charge in [0.25, 0.3) is 0 Å². The third-order valence-electron chi connectivity index (χ3n) is 4.23. The van der Waals surface area contributed by atoms with Crippen molar-refractivity contribution in [2.45, 2.75) is 58.9 Å². The normalized spacial score (nSPS) is 20.8. The van der Waals surface area contributed by atoms with Crippen molar-refractivity contribution in [3.8, 4) is 0 Å². The van der Waals surface area contributed by atoms with Crippen molar-refractivity contribution in [2.75, 3.05) is 20.3 Å². The van der Waals surface area contributed by atoms with Gasteiger partial charge in [0.2, 0.25) is 0 Å². The van der Waals surface area contributed by atoms with Crippen molar-refractivity contribution >= 4 is 0 Å². The van der Waals surface area contributed by atoms with Crippen molar-refractivity contribution < 1.29 is 4.74 Å². The summed E-state index contributed by atoms with van der Waals surface area (Å²) in [6, 6.07) is 0.681. The number of hydrogen-bond donors (Lipinski definition) is 1. The smallest absolute Gasteiger partial charge is 0.0468 e. The Morgan fingerprint density at radius 2 is 2.00 bits per heavy atom. The second kappa shape index (κ2) is 6.61. The van der Waals surface area contributed by atoms with Crippen molar-refractivity contribution in [3.63, 3.8) is 0 Å². The topological polar surface area (TPSA) is 21.3 Å². The predicted molar refractivity (Wildman–Crippen MR) is 69.7 cm³/mol. The van der Waals surface area contributed by atoms with Crippen molar-refractivity contribution in [2.24, 2.45) is 11.3 Å². The lowest BCUT2D eigenvalue weighted by Crippen LogP contribution is -2.45. The quantitative estimate of drug-likeness (QED) is 0.687. The molecule has 0 amide bonds. The molecular weight excluding hydrogens is 198 g/mol. The molecule has 0 aromatic carbocycles. The second-order valence-corrected chi connectivity index (χ2v) is 5.74. The lowest BCUT2D eigenvalue weighted by molar-refractivity contribution is 0.0644. The van der Waals surface area contributed by atoms with Gasteiger partial charge in [-0.05, 0) is 37.0 Å². The zero-order valence-corrected chi connectivity index (χ0v) is 11.5. The molecule has 1 unspecified atom stereocenters. The van der Waals surface area contributed by atoms with E-state index in [1.54, 1.807) is 0 Å². The predicted octanol–water partition coefficient (Wildman–Crippen LogP) is 3.22. The average Bonchev–Trinajstić information content (AvgIpc) is 2.20. The molecule has 2 nitrogen and oxygen atoms in total. The number of nitrogens with one attached hydrogen (secondary N) is 1. The van der Waals surface area contributed by atoms with Crippen LogP contribution in [0, 0.1) is 11.3 Å². The molecule has 1 N–H and O–H groups in total. The maximum atomic E-state index is 5.23. The van der Waals surface area contributed by atoms with Crippen LogP contribution in [0.2, 0.25) is 0 Å². The molecule has 1 aliphatic rings. The van der Waals surface area contributed by atoms with Crippen molar-refractivity contribution in [3.05, 3.63) is 0 Å². The Morgan fingerprint density at radius 1 is 1.31 bits per heavy atom. The highest BCUT2D eigenvalue weighted by molar-refractivity contribution is 4.90. The van der Waals surface area contributed by atoms with E-state index in [1.165, 1.54) is 38.6 Å². The summed E-state index contributed by atoms with van der Waals surface area (Å²) >= 11 is 0. The fourth-order valence-electron chi connectivity index (χ4n) is 2.71. The van der Waals surface area contributed by atoms with E-state index in [1.807, 2.05) is 7.11 Å². The lowest BCUT2D eigenvalue weighted by atomic mass is 9.66. The van der Waals surface area contributed by atoms with Gasteiger partial charge in [0, 0.05) is 26.3 Å². The standard InChI is InChI=1S/C14H29NO/c1-5-13(12(2)3)15-11-14(7-6-8-14)9-10-16-4/h12-13,15H,5-11H2,1-4H3. The van der Waals surface area contributed by atoms with Gasteiger partial charge in [-0.25, -0.2) is 0 Å². The Balaban J connectivity index is 2.32. The maximum Gasteiger partial charge on any atom is 0.0468 e. The Hall–Kier alpha value is -0.0800. The van der Waals surface area contributed by atoms with Gasteiger partial charge in [-0.2, -0.15) is 0 Å². The van der Waals surface area contributed by atoms with E-state index in [4.69, 9.17) is 4.74 Å². The van der Waals surface area contributed by atoms with Crippen molar-refractivity contribution in [1.82, 2.24) is 5.32 Å². The molecule has 1 aliphatic carbocycles. The van der Waals surface area contributed by atoms with Crippen molar-refractivity contribution in [1.29, 1.82) is 0 Å². The molecular formula is C14H29NO. The fourth-order valence-corrected chi connectivity index (χ4v) is 2.71. The summed E-state index contributed by atoms with van der Waals surface area (Å²) in [4.78, 5) is 0. The highest BCUT2D eigenvalue weighted by atomic mass is 16.5. The summed E-state index contributed by atoms with van der Waals surface area (Å²) in [6.45, 7) is 9.00. The first-order valence-electron chi connectivity index (χ1n) is 6.86. The summed E-state index contributed by atoms with van der Waals surface area (Å²) in [5, 5.41) is 3.76. The Labute approximate surface area is 101 Å². The second-order valence-electron chi connectivity index (χ2n) is 5.74. The van der Waals surface area contributed by atoms with Gasteiger partial charge in [0.1, 0.15) is 0 Å². The lowest BCUT2D eigenvalue weighted by Gasteiger charge is -2.43. The van der Waals surface area contributed by atoms with E-state index in [0.29, 0.717) is 11.5 Å². The Morgan fingerprint density at radius 3 is 2.38 bits per heavy atom. The van der Waals surface area contributed by atoms with Gasteiger partial charge in [0.15, 0.2) is 0 Å². The van der Waals surface area contributed by atoms with Gasteiger partial charge >= 0.3 is 0 Å². The largest absolute Gasteiger partial charge is 0.385 e. The molecule has 0 saturated heterocycles. The third-order valence-corrected chi connectivity index (χ3v) is 4.23. The van der Waals surface area contributed by atoms with E-state index in [-0.39, 0.29) is 0 Å². The summed E-state index contributed by atoms with van der Waals surface area (Å²) in [5.74, 6) is 0.740. The van der Waals surface area contributed by atoms with Gasteiger partial charge in [-0.1, -0.05) is 27.2 Å². The number of rotatable bonds is 8. The van der Waals surface area contributed by atoms with Crippen LogP contribution in [0.3, 0.4) is 0 Å². The zero-order valence-electron chi connectivity index (χ0n) is 11.5. The van der Waals surface area contributed by atoms with E-state index in [2.05, 4.69) is 26.1 Å². The zero-order chi connectivity index (χ0) is 12.0. The minimum absolute atomic E-state index is 0.554. The first kappa shape index (κ1) is 14.0. The molecule has 0 radical (unpaired) electrons. The van der Waals surface area contributed by atoms with Crippen LogP contribution < -0.4 is 5.32 Å². The van der Waals surface area contributed by atoms with Crippen LogP contribution in [0.25, 0.3) is 0 Å². The number of ether oxygens (including phenoxy) is 1. The summed E-state index contributed by atoms with van der Waals surface area (Å²) in [6.07, 6.45) is 6.64. The van der Waals surface area contributed by atoms with E-state index < -0.39 is 0 Å². The minimum atomic E-state index is 0.554. The summed E-state index contributed by atoms with van der Waals surface area (Å²) < 4.78 is 5.23. The molecule has 0 aromatic heterocycles. The van der Waals surface area contributed by atoms with Crippen LogP contribution >= 0.6 is 0 Å². The molecule has 96 valence electrons. The van der Waals surface area contributed by atoms with Gasteiger partial charge in [-0.15, -0.1) is 0 Å². The first-order chi connectivity index (χ1) is 7.63. The fraction of sp³-hybridized carbons (Fsp3) is 1.00. The summed E-state index contributed by atoms with van der Waals surface area (Å²) in [7, 11) is 1.81. The maximum absolute atomic E-state index is 5.23. The molecule has 0 aromatic rings. The summed E-state index contributed by atoms with van der Waals surface area (Å²) in [5.41, 5.74) is 0.554. The number of hydrogen-bond acceptors (Lipinski definition) is 2. The third kappa shape index (κ3) is 3.74. The van der Waals surface area contributed by atoms with Crippen LogP contribution in [-0.2, 0) is 4.74 Å². The first-order valence-corrected chi connectivity index (χ1v) is 6.86. The highest BCUT2D eigenvalue weighted by Crippen LogP contribution is 2.43. The molecule has 0 heterocycles. The molecule has 0 spiro atoms. The molecule has 1 rings (SSSR count). The van der Waals surface area contributed by atoms with Gasteiger partial charge < -0.3 is 10.1 Å². The van der Waals surface area contributed by atoms with Gasteiger partial charge in [0.05, 0.1) is 0 Å². The minimum Gasteiger partial charge on any atom is -0.385 e. The molecule has 0 bridgehead atoms. The van der Waals surface area contributed by atoms with Crippen LogP contribution in [0.1, 0.15) is 52.9 Å². The Bertz CT molecular complexity index is 187. The molecule has 16 heavy (non-hydrogen) atoms. The Kier molecular flexibility index (Phi) is 5.77. The van der Waals surface area contributed by atoms with Crippen LogP contribution in [0.4, 0.5) is 0 Å². The van der Waals surface area contributed by atoms with Crippen LogP contribution in [-0.4, -0.2) is 26.3 Å². The average molecular weight is 227 g/mol. The monoisotopic (exact) mass is 227 g/mol. The molecule has 1 fully saturated rings. The van der Waals surface area contributed by atoms with Crippen LogP contribution in [0.15, 0.2) is 0 Å². The molecule has 0 aliphatic heterocycles. The van der Waals surface area contributed by atoms with Gasteiger partial charge in [-0.3, -0.25) is 0 Å². The van der Waals surface area contributed by atoms with E-state index >= 15 is 0 Å². The molecule has 2 heteroatoms.